The Labute approximate surface area is 99.8 Å². The van der Waals surface area contributed by atoms with Crippen LogP contribution in [0.25, 0.3) is 0 Å². The van der Waals surface area contributed by atoms with Crippen molar-refractivity contribution in [3.05, 3.63) is 20.2 Å². The summed E-state index contributed by atoms with van der Waals surface area (Å²) in [5, 5.41) is 21.0. The molecule has 2 rings (SSSR count). The van der Waals surface area contributed by atoms with Crippen LogP contribution in [0.3, 0.4) is 0 Å². The van der Waals surface area contributed by atoms with Crippen molar-refractivity contribution >= 4 is 0 Å². The Morgan fingerprint density at radius 2 is 1.06 bits per heavy atom. The smallest absolute Gasteiger partial charge is 0.213 e. The molecule has 2 fully saturated rings. The molecular formula is C6H10N4O8. The lowest BCUT2D eigenvalue weighted by Gasteiger charge is -2.18. The van der Waals surface area contributed by atoms with Gasteiger partial charge in [-0.15, -0.1) is 0 Å². The van der Waals surface area contributed by atoms with Gasteiger partial charge in [0.25, 0.3) is 0 Å². The Morgan fingerprint density at radius 3 is 1.28 bits per heavy atom. The molecule has 0 aromatic rings. The fourth-order valence-corrected chi connectivity index (χ4v) is 1.31. The molecule has 0 saturated carbocycles. The zero-order valence-corrected chi connectivity index (χ0v) is 9.04. The van der Waals surface area contributed by atoms with Crippen LogP contribution in [-0.2, 0) is 18.9 Å². The molecule has 0 aliphatic carbocycles. The fraction of sp³-hybridized carbons (Fsp3) is 1.00. The van der Waals surface area contributed by atoms with Gasteiger partial charge in [0, 0.05) is 0 Å². The summed E-state index contributed by atoms with van der Waals surface area (Å²) in [6.07, 6.45) is -2.11. The first-order chi connectivity index (χ1) is 8.58. The van der Waals surface area contributed by atoms with Crippen LogP contribution in [0, 0.1) is 20.2 Å². The van der Waals surface area contributed by atoms with E-state index < -0.39 is 22.6 Å². The molecule has 0 aromatic carbocycles. The second-order valence-corrected chi connectivity index (χ2v) is 3.41. The van der Waals surface area contributed by atoms with Gasteiger partial charge in [0.1, 0.15) is 0 Å². The van der Waals surface area contributed by atoms with Crippen LogP contribution in [0.15, 0.2) is 0 Å². The maximum atomic E-state index is 10.5. The number of fused-ring (bicyclic) bond motifs is 1. The van der Waals surface area contributed by atoms with Gasteiger partial charge in [-0.1, -0.05) is 10.0 Å². The monoisotopic (exact) mass is 266 g/mol. The largest absolute Gasteiger partial charge is 0.321 e. The van der Waals surface area contributed by atoms with Crippen molar-refractivity contribution in [2.45, 2.75) is 12.6 Å². The third-order valence-corrected chi connectivity index (χ3v) is 2.24. The van der Waals surface area contributed by atoms with Gasteiger partial charge in [0.15, 0.2) is 37.0 Å². The molecule has 18 heavy (non-hydrogen) atoms. The molecule has 2 aliphatic rings. The van der Waals surface area contributed by atoms with E-state index in [0.29, 0.717) is 10.0 Å². The lowest BCUT2D eigenvalue weighted by atomic mass is 10.6. The maximum Gasteiger partial charge on any atom is 0.213 e. The minimum atomic E-state index is -1.06. The molecule has 12 heteroatoms. The molecule has 0 radical (unpaired) electrons. The van der Waals surface area contributed by atoms with Crippen molar-refractivity contribution in [1.82, 2.24) is 10.0 Å². The van der Waals surface area contributed by atoms with Crippen molar-refractivity contribution < 1.29 is 29.0 Å². The molecule has 0 aromatic heterocycles. The molecule has 0 unspecified atom stereocenters. The van der Waals surface area contributed by atoms with E-state index in [1.165, 1.54) is 0 Å². The van der Waals surface area contributed by atoms with Gasteiger partial charge >= 0.3 is 0 Å². The summed E-state index contributed by atoms with van der Waals surface area (Å²) < 4.78 is 20.2. The van der Waals surface area contributed by atoms with Crippen molar-refractivity contribution in [2.24, 2.45) is 0 Å². The zero-order valence-electron chi connectivity index (χ0n) is 9.04. The van der Waals surface area contributed by atoms with Crippen LogP contribution in [0.5, 0.6) is 0 Å². The average Bonchev–Trinajstić information content (AvgIpc) is 2.61. The van der Waals surface area contributed by atoms with Gasteiger partial charge in [-0.05, 0) is 0 Å². The molecular weight excluding hydrogens is 256 g/mol. The number of ether oxygens (including phenoxy) is 4. The summed E-state index contributed by atoms with van der Waals surface area (Å²) in [6, 6.07) is 0. The highest BCUT2D eigenvalue weighted by molar-refractivity contribution is 4.56. The standard InChI is InChI=1S/C6H10N4O8/c11-9(12)7-1-15-5-6(16-2-7)18-4-8(3-17-5)10(13)14/h5-6H,1-4H2. The highest BCUT2D eigenvalue weighted by atomic mass is 16.8. The van der Waals surface area contributed by atoms with E-state index >= 15 is 0 Å². The predicted molar refractivity (Wildman–Crippen MR) is 49.1 cm³/mol. The second-order valence-electron chi connectivity index (χ2n) is 3.41. The molecule has 2 saturated heterocycles. The van der Waals surface area contributed by atoms with E-state index in [4.69, 9.17) is 18.9 Å². The Kier molecular flexibility index (Phi) is 3.71. The highest BCUT2D eigenvalue weighted by Gasteiger charge is 2.37. The van der Waals surface area contributed by atoms with Gasteiger partial charge < -0.3 is 18.9 Å². The number of nitrogens with zero attached hydrogens (tertiary/aromatic N) is 4. The summed E-state index contributed by atoms with van der Waals surface area (Å²) in [6.45, 7) is -1.46. The zero-order chi connectivity index (χ0) is 13.1. The van der Waals surface area contributed by atoms with E-state index in [1.54, 1.807) is 0 Å². The first kappa shape index (κ1) is 12.7. The fourth-order valence-electron chi connectivity index (χ4n) is 1.31. The van der Waals surface area contributed by atoms with E-state index in [2.05, 4.69) is 0 Å². The molecule has 0 bridgehead atoms. The van der Waals surface area contributed by atoms with Crippen LogP contribution in [0.1, 0.15) is 0 Å². The third kappa shape index (κ3) is 2.73. The van der Waals surface area contributed by atoms with Crippen molar-refractivity contribution in [3.63, 3.8) is 0 Å². The number of hydrazine groups is 2. The number of hydrogen-bond acceptors (Lipinski definition) is 8. The first-order valence-corrected chi connectivity index (χ1v) is 4.83. The lowest BCUT2D eigenvalue weighted by Crippen LogP contribution is -2.35. The number of nitro groups is 2. The molecule has 0 amide bonds. The molecule has 12 nitrogen and oxygen atoms in total. The summed E-state index contributed by atoms with van der Waals surface area (Å²) in [7, 11) is 0. The van der Waals surface area contributed by atoms with E-state index in [9.17, 15) is 20.2 Å². The van der Waals surface area contributed by atoms with Gasteiger partial charge in [-0.3, -0.25) is 0 Å². The SMILES string of the molecule is O=[N+]([O-])N1COC2OCN([N+](=O)[O-])COC2OC1. The highest BCUT2D eigenvalue weighted by Crippen LogP contribution is 2.17. The van der Waals surface area contributed by atoms with Crippen LogP contribution < -0.4 is 0 Å². The summed E-state index contributed by atoms with van der Waals surface area (Å²) in [5.74, 6) is 0. The van der Waals surface area contributed by atoms with Crippen LogP contribution in [0.4, 0.5) is 0 Å². The minimum Gasteiger partial charge on any atom is -0.321 e. The molecule has 0 spiro atoms. The van der Waals surface area contributed by atoms with Crippen molar-refractivity contribution in [1.29, 1.82) is 0 Å². The van der Waals surface area contributed by atoms with Crippen molar-refractivity contribution in [2.75, 3.05) is 26.9 Å². The Hall–Kier alpha value is -1.76. The molecule has 102 valence electrons. The summed E-state index contributed by atoms with van der Waals surface area (Å²) >= 11 is 0. The molecule has 2 heterocycles. The van der Waals surface area contributed by atoms with E-state index in [-0.39, 0.29) is 26.9 Å². The van der Waals surface area contributed by atoms with Gasteiger partial charge in [0.2, 0.25) is 12.6 Å². The number of rotatable bonds is 2. The predicted octanol–water partition coefficient (Wildman–Crippen LogP) is -1.45. The topological polar surface area (TPSA) is 130 Å². The molecule has 0 atom stereocenters. The Bertz CT molecular complexity index is 292. The normalized spacial score (nSPS) is 29.1. The van der Waals surface area contributed by atoms with Gasteiger partial charge in [-0.25, -0.2) is 20.2 Å². The van der Waals surface area contributed by atoms with Crippen LogP contribution in [-0.4, -0.2) is 59.6 Å². The van der Waals surface area contributed by atoms with Gasteiger partial charge in [0.05, 0.1) is 0 Å². The molecule has 0 N–H and O–H groups in total. The molecule has 2 aliphatic heterocycles. The quantitative estimate of drug-likeness (QED) is 0.432. The first-order valence-electron chi connectivity index (χ1n) is 4.83. The van der Waals surface area contributed by atoms with Crippen LogP contribution >= 0.6 is 0 Å². The average molecular weight is 266 g/mol. The Morgan fingerprint density at radius 1 is 0.778 bits per heavy atom. The summed E-state index contributed by atoms with van der Waals surface area (Å²) in [4.78, 5) is 21.0. The third-order valence-electron chi connectivity index (χ3n) is 2.24. The summed E-state index contributed by atoms with van der Waals surface area (Å²) in [5.41, 5.74) is 0. The minimum absolute atomic E-state index is 0.365. The van der Waals surface area contributed by atoms with Crippen molar-refractivity contribution in [3.8, 4) is 0 Å². The number of hydrogen-bond donors (Lipinski definition) is 0. The maximum absolute atomic E-state index is 10.5. The lowest BCUT2D eigenvalue weighted by molar-refractivity contribution is -0.676. The van der Waals surface area contributed by atoms with E-state index in [1.807, 2.05) is 0 Å². The van der Waals surface area contributed by atoms with Gasteiger partial charge in [-0.2, -0.15) is 0 Å². The Balaban J connectivity index is 1.96. The van der Waals surface area contributed by atoms with Crippen LogP contribution in [0.2, 0.25) is 0 Å². The van der Waals surface area contributed by atoms with E-state index in [0.717, 1.165) is 0 Å². The second kappa shape index (κ2) is 5.26.